The first-order valence-electron chi connectivity index (χ1n) is 1.93. The molecule has 0 aliphatic carbocycles. The summed E-state index contributed by atoms with van der Waals surface area (Å²) in [6.45, 7) is 0. The van der Waals surface area contributed by atoms with E-state index in [9.17, 15) is 0 Å². The third kappa shape index (κ3) is 0.427. The molecule has 1 aromatic heterocycles. The molecular weight excluding hydrogens is 108 g/mol. The fraction of sp³-hybridized carbons (Fsp3) is 0. The Morgan fingerprint density at radius 1 is 1.38 bits per heavy atom. The number of hydrogen-bond acceptors (Lipinski definition) is 5. The van der Waals surface area contributed by atoms with E-state index < -0.39 is 0 Å². The lowest BCUT2D eigenvalue weighted by molar-refractivity contribution is 0.773. The Kier molecular flexibility index (Phi) is 0.736. The Bertz CT molecular complexity index is 169. The van der Waals surface area contributed by atoms with Crippen molar-refractivity contribution in [1.29, 1.82) is 0 Å². The standard InChI is InChI=1S/C2H6N6/c3-1-2(4)8(5)7-6-1/h3-5H2. The van der Waals surface area contributed by atoms with Crippen molar-refractivity contribution in [3.8, 4) is 0 Å². The minimum Gasteiger partial charge on any atom is -0.379 e. The minimum atomic E-state index is 0.160. The molecule has 0 radical (unpaired) electrons. The largest absolute Gasteiger partial charge is 0.379 e. The summed E-state index contributed by atoms with van der Waals surface area (Å²) in [5.41, 5.74) is 10.3. The van der Waals surface area contributed by atoms with Crippen LogP contribution in [0.3, 0.4) is 0 Å². The molecule has 0 amide bonds. The van der Waals surface area contributed by atoms with Crippen LogP contribution >= 0.6 is 0 Å². The highest BCUT2D eigenvalue weighted by Gasteiger charge is 1.99. The van der Waals surface area contributed by atoms with E-state index in [-0.39, 0.29) is 11.6 Å². The van der Waals surface area contributed by atoms with Gasteiger partial charge in [-0.25, -0.2) is 0 Å². The molecule has 0 unspecified atom stereocenters. The van der Waals surface area contributed by atoms with Gasteiger partial charge < -0.3 is 17.3 Å². The molecule has 1 aromatic rings. The lowest BCUT2D eigenvalue weighted by atomic mass is 10.7. The van der Waals surface area contributed by atoms with Crippen molar-refractivity contribution in [1.82, 2.24) is 15.1 Å². The summed E-state index contributed by atoms with van der Waals surface area (Å²) in [6.07, 6.45) is 0. The number of rotatable bonds is 0. The first-order valence-corrected chi connectivity index (χ1v) is 1.93. The molecule has 0 fully saturated rings. The monoisotopic (exact) mass is 114 g/mol. The molecule has 44 valence electrons. The SMILES string of the molecule is Nc1nnn(N)c1N. The van der Waals surface area contributed by atoms with E-state index in [1.807, 2.05) is 0 Å². The Balaban J connectivity index is 3.19. The van der Waals surface area contributed by atoms with Gasteiger partial charge in [0.2, 0.25) is 0 Å². The van der Waals surface area contributed by atoms with Crippen LogP contribution in [0.1, 0.15) is 0 Å². The van der Waals surface area contributed by atoms with Gasteiger partial charge in [-0.05, 0) is 5.21 Å². The minimum absolute atomic E-state index is 0.160. The number of aromatic nitrogens is 3. The predicted molar refractivity (Wildman–Crippen MR) is 29.0 cm³/mol. The van der Waals surface area contributed by atoms with E-state index in [1.165, 1.54) is 0 Å². The molecule has 0 atom stereocenters. The van der Waals surface area contributed by atoms with Gasteiger partial charge in [-0.3, -0.25) is 0 Å². The van der Waals surface area contributed by atoms with Crippen LogP contribution in [0.5, 0.6) is 0 Å². The molecule has 8 heavy (non-hydrogen) atoms. The lowest BCUT2D eigenvalue weighted by Gasteiger charge is -1.88. The second-order valence-electron chi connectivity index (χ2n) is 1.30. The van der Waals surface area contributed by atoms with Gasteiger partial charge in [-0.1, -0.05) is 0 Å². The molecule has 6 heteroatoms. The van der Waals surface area contributed by atoms with E-state index >= 15 is 0 Å². The third-order valence-corrected chi connectivity index (χ3v) is 0.758. The van der Waals surface area contributed by atoms with Crippen molar-refractivity contribution in [2.24, 2.45) is 0 Å². The number of nitrogens with zero attached hydrogens (tertiary/aromatic N) is 3. The second kappa shape index (κ2) is 1.25. The number of nitrogen functional groups attached to an aromatic ring is 3. The normalized spacial score (nSPS) is 9.50. The zero-order valence-electron chi connectivity index (χ0n) is 4.07. The van der Waals surface area contributed by atoms with Crippen LogP contribution in [0.2, 0.25) is 0 Å². The van der Waals surface area contributed by atoms with Crippen molar-refractivity contribution in [3.63, 3.8) is 0 Å². The highest BCUT2D eigenvalue weighted by molar-refractivity contribution is 5.51. The summed E-state index contributed by atoms with van der Waals surface area (Å²) in [5, 5.41) is 6.67. The smallest absolute Gasteiger partial charge is 0.192 e. The van der Waals surface area contributed by atoms with E-state index in [1.54, 1.807) is 0 Å². The van der Waals surface area contributed by atoms with Gasteiger partial charge in [0.25, 0.3) is 0 Å². The maximum absolute atomic E-state index is 5.19. The molecule has 0 saturated heterocycles. The van der Waals surface area contributed by atoms with Gasteiger partial charge in [0, 0.05) is 0 Å². The van der Waals surface area contributed by atoms with E-state index in [0.717, 1.165) is 4.79 Å². The molecule has 0 aromatic carbocycles. The molecule has 0 saturated carbocycles. The Hall–Kier alpha value is -1.46. The molecular formula is C2H6N6. The fourth-order valence-corrected chi connectivity index (χ4v) is 0.313. The van der Waals surface area contributed by atoms with Crippen molar-refractivity contribution < 1.29 is 0 Å². The van der Waals surface area contributed by atoms with Crippen molar-refractivity contribution in [2.45, 2.75) is 0 Å². The van der Waals surface area contributed by atoms with Gasteiger partial charge in [0.1, 0.15) is 0 Å². The summed E-state index contributed by atoms with van der Waals surface area (Å²) in [4.78, 5) is 0.912. The van der Waals surface area contributed by atoms with Crippen LogP contribution in [-0.2, 0) is 0 Å². The van der Waals surface area contributed by atoms with Crippen LogP contribution in [0.25, 0.3) is 0 Å². The Morgan fingerprint density at radius 2 is 2.00 bits per heavy atom. The molecule has 6 nitrogen and oxygen atoms in total. The second-order valence-corrected chi connectivity index (χ2v) is 1.30. The van der Waals surface area contributed by atoms with Gasteiger partial charge in [-0.2, -0.15) is 0 Å². The number of anilines is 2. The summed E-state index contributed by atoms with van der Waals surface area (Å²) >= 11 is 0. The van der Waals surface area contributed by atoms with Crippen molar-refractivity contribution in [3.05, 3.63) is 0 Å². The van der Waals surface area contributed by atoms with Crippen molar-refractivity contribution in [2.75, 3.05) is 17.3 Å². The van der Waals surface area contributed by atoms with Gasteiger partial charge in [0.05, 0.1) is 0 Å². The molecule has 0 aliphatic heterocycles. The van der Waals surface area contributed by atoms with Crippen LogP contribution < -0.4 is 17.3 Å². The summed E-state index contributed by atoms with van der Waals surface area (Å²) < 4.78 is 0. The summed E-state index contributed by atoms with van der Waals surface area (Å²) in [5.74, 6) is 5.42. The molecule has 0 spiro atoms. The third-order valence-electron chi connectivity index (χ3n) is 0.758. The van der Waals surface area contributed by atoms with Crippen LogP contribution in [0, 0.1) is 0 Å². The number of hydrogen-bond donors (Lipinski definition) is 3. The fourth-order valence-electron chi connectivity index (χ4n) is 0.313. The first kappa shape index (κ1) is 4.69. The molecule has 1 rings (SSSR count). The zero-order chi connectivity index (χ0) is 6.15. The number of nitrogens with two attached hydrogens (primary N) is 3. The highest BCUT2D eigenvalue weighted by atomic mass is 15.6. The van der Waals surface area contributed by atoms with Crippen LogP contribution in [0.4, 0.5) is 11.6 Å². The average molecular weight is 114 g/mol. The summed E-state index contributed by atoms with van der Waals surface area (Å²) in [6, 6.07) is 0. The molecule has 0 aliphatic rings. The van der Waals surface area contributed by atoms with E-state index in [4.69, 9.17) is 17.3 Å². The predicted octanol–water partition coefficient (Wildman–Crippen LogP) is -1.84. The van der Waals surface area contributed by atoms with Crippen LogP contribution in [0.15, 0.2) is 0 Å². The molecule has 1 heterocycles. The Labute approximate surface area is 45.2 Å². The highest BCUT2D eigenvalue weighted by Crippen LogP contribution is 2.03. The van der Waals surface area contributed by atoms with Gasteiger partial charge in [-0.15, -0.1) is 9.89 Å². The molecule has 0 bridgehead atoms. The lowest BCUT2D eigenvalue weighted by Crippen LogP contribution is -2.13. The topological polar surface area (TPSA) is 109 Å². The van der Waals surface area contributed by atoms with E-state index in [0.29, 0.717) is 0 Å². The Morgan fingerprint density at radius 3 is 2.12 bits per heavy atom. The average Bonchev–Trinajstić information content (AvgIpc) is 1.98. The van der Waals surface area contributed by atoms with Gasteiger partial charge >= 0.3 is 0 Å². The van der Waals surface area contributed by atoms with Crippen LogP contribution in [-0.4, -0.2) is 15.1 Å². The summed E-state index contributed by atoms with van der Waals surface area (Å²) in [7, 11) is 0. The first-order chi connectivity index (χ1) is 3.72. The van der Waals surface area contributed by atoms with E-state index in [2.05, 4.69) is 10.3 Å². The molecule has 6 N–H and O–H groups in total. The quantitative estimate of drug-likeness (QED) is 0.343. The van der Waals surface area contributed by atoms with Gasteiger partial charge in [0.15, 0.2) is 11.6 Å². The maximum Gasteiger partial charge on any atom is 0.192 e. The maximum atomic E-state index is 5.19. The zero-order valence-corrected chi connectivity index (χ0v) is 4.07. The van der Waals surface area contributed by atoms with Crippen molar-refractivity contribution >= 4 is 11.6 Å².